The number of carbonyl (C=O) groups is 3. The summed E-state index contributed by atoms with van der Waals surface area (Å²) in [6.07, 6.45) is 8.76. The lowest BCUT2D eigenvalue weighted by molar-refractivity contribution is -0.178. The highest BCUT2D eigenvalue weighted by atomic mass is 16.6. The van der Waals surface area contributed by atoms with Gasteiger partial charge < -0.3 is 19.9 Å². The lowest BCUT2D eigenvalue weighted by Crippen LogP contribution is -2.52. The van der Waals surface area contributed by atoms with Gasteiger partial charge in [-0.2, -0.15) is 10.2 Å². The minimum atomic E-state index is -1.74. The van der Waals surface area contributed by atoms with Crippen LogP contribution in [0, 0.1) is 35.0 Å². The zero-order valence-electron chi connectivity index (χ0n) is 22.8. The summed E-state index contributed by atoms with van der Waals surface area (Å²) in [6.45, 7) is -0.129. The van der Waals surface area contributed by atoms with E-state index >= 15 is 0 Å². The highest BCUT2D eigenvalue weighted by molar-refractivity contribution is 5.75. The molecular formula is C29H38N4O7. The first-order valence-corrected chi connectivity index (χ1v) is 14.7. The molecule has 1 heterocycles. The standard InChI is InChI=1S/C29H38N4O7/c30-17-29(33-14-13-22(31)32-28(33)37)15-21(16-38-25(34)18-7-1-2-8-18)23(39-26(35)19-9-3-4-10-19)24(29)40-27(36)20-11-5-6-12-20/h13-14,18-21,23-24H,1-12,15-16H2,(H2,31,32,37)/t21-,23?,24?,29+/m1/s1. The van der Waals surface area contributed by atoms with Gasteiger partial charge in [-0.15, -0.1) is 0 Å². The van der Waals surface area contributed by atoms with Crippen LogP contribution >= 0.6 is 0 Å². The van der Waals surface area contributed by atoms with Crippen molar-refractivity contribution in [2.75, 3.05) is 12.3 Å². The van der Waals surface area contributed by atoms with E-state index in [1.54, 1.807) is 0 Å². The third-order valence-corrected chi connectivity index (χ3v) is 9.26. The smallest absolute Gasteiger partial charge is 0.350 e. The van der Waals surface area contributed by atoms with E-state index in [1.807, 2.05) is 0 Å². The summed E-state index contributed by atoms with van der Waals surface area (Å²) < 4.78 is 19.0. The average Bonchev–Trinajstić information content (AvgIpc) is 3.76. The summed E-state index contributed by atoms with van der Waals surface area (Å²) in [6, 6.07) is 3.61. The largest absolute Gasteiger partial charge is 0.465 e. The summed E-state index contributed by atoms with van der Waals surface area (Å²) in [5, 5.41) is 10.6. The number of nitriles is 1. The van der Waals surface area contributed by atoms with Gasteiger partial charge in [-0.25, -0.2) is 4.79 Å². The topological polar surface area (TPSA) is 164 Å². The normalized spacial score (nSPS) is 29.3. The molecule has 0 spiro atoms. The quantitative estimate of drug-likeness (QED) is 0.373. The van der Waals surface area contributed by atoms with Crippen LogP contribution in [0.1, 0.15) is 83.5 Å². The van der Waals surface area contributed by atoms with E-state index in [9.17, 15) is 24.4 Å². The van der Waals surface area contributed by atoms with Crippen LogP contribution in [0.5, 0.6) is 0 Å². The SMILES string of the molecule is N#C[C@@]1(n2ccc(N)nc2=O)C[C@H](COC(=O)C2CCCC2)C(OC(=O)C2CCCC2)C1OC(=O)C1CCCC1. The number of nitrogen functional groups attached to an aromatic ring is 1. The number of aromatic nitrogens is 2. The van der Waals surface area contributed by atoms with Gasteiger partial charge in [-0.3, -0.25) is 19.0 Å². The summed E-state index contributed by atoms with van der Waals surface area (Å²) >= 11 is 0. The summed E-state index contributed by atoms with van der Waals surface area (Å²) in [5.74, 6) is -2.72. The second kappa shape index (κ2) is 12.0. The van der Waals surface area contributed by atoms with Gasteiger partial charge in [0.2, 0.25) is 0 Å². The number of nitrogens with zero attached hydrogens (tertiary/aromatic N) is 3. The fraction of sp³-hybridized carbons (Fsp3) is 0.724. The Balaban J connectivity index is 1.50. The number of esters is 3. The second-order valence-corrected chi connectivity index (χ2v) is 11.8. The molecule has 0 amide bonds. The maximum atomic E-state index is 13.3. The Morgan fingerprint density at radius 2 is 1.45 bits per heavy atom. The average molecular weight is 555 g/mol. The number of carbonyl (C=O) groups excluding carboxylic acids is 3. The van der Waals surface area contributed by atoms with Crippen molar-refractivity contribution in [2.24, 2.45) is 23.7 Å². The van der Waals surface area contributed by atoms with Crippen LogP contribution in [0.2, 0.25) is 0 Å². The van der Waals surface area contributed by atoms with Crippen LogP contribution in [0.4, 0.5) is 5.82 Å². The Hall–Kier alpha value is -3.42. The molecule has 0 aromatic carbocycles. The van der Waals surface area contributed by atoms with Crippen molar-refractivity contribution in [1.82, 2.24) is 9.55 Å². The third kappa shape index (κ3) is 5.58. The highest BCUT2D eigenvalue weighted by Crippen LogP contribution is 2.45. The molecular weight excluding hydrogens is 516 g/mol. The predicted octanol–water partition coefficient (Wildman–Crippen LogP) is 3.00. The predicted molar refractivity (Wildman–Crippen MR) is 141 cm³/mol. The Labute approximate surface area is 233 Å². The molecule has 11 heteroatoms. The molecule has 4 fully saturated rings. The summed E-state index contributed by atoms with van der Waals surface area (Å²) in [7, 11) is 0. The number of nitrogens with two attached hydrogens (primary N) is 1. The van der Waals surface area contributed by atoms with E-state index in [-0.39, 0.29) is 42.6 Å². The minimum Gasteiger partial charge on any atom is -0.465 e. The molecule has 40 heavy (non-hydrogen) atoms. The molecule has 0 radical (unpaired) electrons. The first-order valence-electron chi connectivity index (χ1n) is 14.7. The Morgan fingerprint density at radius 3 is 1.98 bits per heavy atom. The number of ether oxygens (including phenoxy) is 3. The highest BCUT2D eigenvalue weighted by Gasteiger charge is 2.61. The van der Waals surface area contributed by atoms with E-state index < -0.39 is 41.3 Å². The molecule has 2 N–H and O–H groups in total. The molecule has 4 saturated carbocycles. The van der Waals surface area contributed by atoms with Crippen LogP contribution in [0.3, 0.4) is 0 Å². The van der Waals surface area contributed by atoms with Crippen molar-refractivity contribution in [1.29, 1.82) is 5.26 Å². The van der Waals surface area contributed by atoms with Crippen molar-refractivity contribution in [3.8, 4) is 6.07 Å². The van der Waals surface area contributed by atoms with Crippen LogP contribution < -0.4 is 11.4 Å². The van der Waals surface area contributed by atoms with Crippen molar-refractivity contribution in [2.45, 2.75) is 101 Å². The molecule has 0 saturated heterocycles. The Morgan fingerprint density at radius 1 is 0.925 bits per heavy atom. The van der Waals surface area contributed by atoms with Crippen molar-refractivity contribution in [3.05, 3.63) is 22.7 Å². The maximum absolute atomic E-state index is 13.3. The van der Waals surface area contributed by atoms with Gasteiger partial charge in [0.05, 0.1) is 30.4 Å². The van der Waals surface area contributed by atoms with Gasteiger partial charge in [0.25, 0.3) is 0 Å². The van der Waals surface area contributed by atoms with Crippen molar-refractivity contribution < 1.29 is 28.6 Å². The van der Waals surface area contributed by atoms with E-state index in [1.165, 1.54) is 12.3 Å². The zero-order chi connectivity index (χ0) is 28.3. The maximum Gasteiger partial charge on any atom is 0.350 e. The van der Waals surface area contributed by atoms with Gasteiger partial charge in [0, 0.05) is 12.1 Å². The molecule has 11 nitrogen and oxygen atoms in total. The van der Waals surface area contributed by atoms with Gasteiger partial charge in [-0.05, 0) is 51.0 Å². The van der Waals surface area contributed by atoms with Gasteiger partial charge in [0.1, 0.15) is 11.9 Å². The molecule has 1 aromatic heterocycles. The zero-order valence-corrected chi connectivity index (χ0v) is 22.8. The molecule has 4 aliphatic carbocycles. The van der Waals surface area contributed by atoms with Crippen molar-refractivity contribution >= 4 is 23.7 Å². The van der Waals surface area contributed by atoms with Crippen LogP contribution in [-0.2, 0) is 34.1 Å². The molecule has 5 rings (SSSR count). The minimum absolute atomic E-state index is 0.0157. The first-order chi connectivity index (χ1) is 19.3. The van der Waals surface area contributed by atoms with E-state index in [4.69, 9.17) is 19.9 Å². The number of hydrogen-bond acceptors (Lipinski definition) is 10. The number of hydrogen-bond donors (Lipinski definition) is 1. The molecule has 4 atom stereocenters. The number of anilines is 1. The van der Waals surface area contributed by atoms with E-state index in [2.05, 4.69) is 11.1 Å². The molecule has 2 unspecified atom stereocenters. The molecule has 1 aromatic rings. The van der Waals surface area contributed by atoms with Crippen LogP contribution in [0.15, 0.2) is 17.1 Å². The molecule has 0 bridgehead atoms. The lowest BCUT2D eigenvalue weighted by atomic mass is 9.95. The molecule has 4 aliphatic rings. The van der Waals surface area contributed by atoms with Crippen molar-refractivity contribution in [3.63, 3.8) is 0 Å². The van der Waals surface area contributed by atoms with Crippen LogP contribution in [-0.4, -0.2) is 46.3 Å². The lowest BCUT2D eigenvalue weighted by Gasteiger charge is -2.33. The second-order valence-electron chi connectivity index (χ2n) is 11.8. The summed E-state index contributed by atoms with van der Waals surface area (Å²) in [5.41, 5.74) is 3.20. The fourth-order valence-corrected chi connectivity index (χ4v) is 6.99. The van der Waals surface area contributed by atoms with E-state index in [0.717, 1.165) is 55.9 Å². The fourth-order valence-electron chi connectivity index (χ4n) is 6.99. The molecule has 0 aliphatic heterocycles. The first kappa shape index (κ1) is 28.1. The number of rotatable bonds is 8. The van der Waals surface area contributed by atoms with Crippen LogP contribution in [0.25, 0.3) is 0 Å². The van der Waals surface area contributed by atoms with Gasteiger partial charge in [0.15, 0.2) is 11.6 Å². The Kier molecular flexibility index (Phi) is 8.43. The van der Waals surface area contributed by atoms with Gasteiger partial charge >= 0.3 is 23.6 Å². The monoisotopic (exact) mass is 554 g/mol. The summed E-state index contributed by atoms with van der Waals surface area (Å²) in [4.78, 5) is 56.3. The van der Waals surface area contributed by atoms with E-state index in [0.29, 0.717) is 25.7 Å². The Bertz CT molecular complexity index is 1210. The molecule has 216 valence electrons. The van der Waals surface area contributed by atoms with Gasteiger partial charge in [-0.1, -0.05) is 38.5 Å². The third-order valence-electron chi connectivity index (χ3n) is 9.26.